The molecule has 0 bridgehead atoms. The van der Waals surface area contributed by atoms with Gasteiger partial charge in [0, 0.05) is 18.4 Å². The predicted molar refractivity (Wildman–Crippen MR) is 97.3 cm³/mol. The Bertz CT molecular complexity index is 678. The summed E-state index contributed by atoms with van der Waals surface area (Å²) >= 11 is 1.22. The summed E-state index contributed by atoms with van der Waals surface area (Å²) in [5.41, 5.74) is -0.988. The average molecular weight is 443 g/mol. The Morgan fingerprint density at radius 2 is 1.76 bits per heavy atom. The molecule has 0 saturated carbocycles. The van der Waals surface area contributed by atoms with E-state index in [-0.39, 0.29) is 83.0 Å². The van der Waals surface area contributed by atoms with E-state index >= 15 is 0 Å². The second-order valence-corrected chi connectivity index (χ2v) is 6.93. The fourth-order valence-corrected chi connectivity index (χ4v) is 3.40. The summed E-state index contributed by atoms with van der Waals surface area (Å²) in [4.78, 5) is 15.3. The molecule has 1 aromatic rings. The van der Waals surface area contributed by atoms with Gasteiger partial charge in [-0.15, -0.1) is 11.8 Å². The number of para-hydroxylation sites is 1. The smallest absolute Gasteiger partial charge is 0.869 e. The number of hydrogen-bond donors (Lipinski definition) is 0. The number of carboxylic acid groups (broad SMARTS) is 1. The maximum absolute atomic E-state index is 12.5. The number of ether oxygens (including phenoxy) is 4. The van der Waals surface area contributed by atoms with Crippen LogP contribution < -0.4 is 74.1 Å². The van der Waals surface area contributed by atoms with Crippen LogP contribution in [0.15, 0.2) is 23.2 Å². The maximum Gasteiger partial charge on any atom is 1.00 e. The molecule has 29 heavy (non-hydrogen) atoms. The minimum Gasteiger partial charge on any atom is -0.869 e. The Hall–Kier alpha value is 0.190. The summed E-state index contributed by atoms with van der Waals surface area (Å²) in [6.07, 6.45) is 0. The van der Waals surface area contributed by atoms with Crippen molar-refractivity contribution in [2.75, 3.05) is 52.5 Å². The number of nitrogens with zero attached hydrogens (tertiary/aromatic N) is 1. The van der Waals surface area contributed by atoms with Crippen LogP contribution in [0.5, 0.6) is 11.5 Å². The predicted octanol–water partition coefficient (Wildman–Crippen LogP) is -6.17. The number of thioether (sulfide) groups is 1. The SMILES string of the molecule is COCCOCCOCCOc1cccc(C2=N[C@@](C)(C(=O)[O-])CS2)c1[O-].[Na+].[Na+]. The number of aliphatic imine (C=N–C) groups is 1. The van der Waals surface area contributed by atoms with Crippen LogP contribution in [0.3, 0.4) is 0 Å². The monoisotopic (exact) mass is 443 g/mol. The van der Waals surface area contributed by atoms with Gasteiger partial charge in [0.05, 0.1) is 44.0 Å². The summed E-state index contributed by atoms with van der Waals surface area (Å²) in [7, 11) is 1.61. The van der Waals surface area contributed by atoms with Crippen LogP contribution in [-0.4, -0.2) is 69.1 Å². The molecule has 0 unspecified atom stereocenters. The van der Waals surface area contributed by atoms with Gasteiger partial charge in [-0.1, -0.05) is 17.9 Å². The summed E-state index contributed by atoms with van der Waals surface area (Å²) in [6, 6.07) is 4.85. The first-order chi connectivity index (χ1) is 13.0. The number of methoxy groups -OCH3 is 1. The Morgan fingerprint density at radius 3 is 2.34 bits per heavy atom. The fraction of sp³-hybridized carbons (Fsp3) is 0.556. The minimum atomic E-state index is -1.32. The Labute approximate surface area is 219 Å². The van der Waals surface area contributed by atoms with E-state index in [1.165, 1.54) is 18.7 Å². The molecule has 0 amide bonds. The van der Waals surface area contributed by atoms with E-state index in [1.807, 2.05) is 0 Å². The van der Waals surface area contributed by atoms with Gasteiger partial charge in [-0.2, -0.15) is 0 Å². The zero-order chi connectivity index (χ0) is 19.7. The van der Waals surface area contributed by atoms with E-state index in [0.717, 1.165) is 0 Å². The van der Waals surface area contributed by atoms with Crippen LogP contribution >= 0.6 is 11.8 Å². The molecule has 0 aromatic heterocycles. The van der Waals surface area contributed by atoms with E-state index in [0.29, 0.717) is 43.6 Å². The molecule has 1 atom stereocenters. The largest absolute Gasteiger partial charge is 1.00 e. The normalized spacial score (nSPS) is 17.8. The number of rotatable bonds is 12. The van der Waals surface area contributed by atoms with E-state index in [1.54, 1.807) is 25.3 Å². The third kappa shape index (κ3) is 9.06. The first-order valence-electron chi connectivity index (χ1n) is 8.49. The van der Waals surface area contributed by atoms with E-state index < -0.39 is 11.5 Å². The molecule has 0 spiro atoms. The molecule has 150 valence electrons. The van der Waals surface area contributed by atoms with Crippen molar-refractivity contribution in [1.29, 1.82) is 0 Å². The molecule has 0 N–H and O–H groups in total. The third-order valence-corrected chi connectivity index (χ3v) is 5.07. The van der Waals surface area contributed by atoms with Crippen molar-refractivity contribution in [3.8, 4) is 11.5 Å². The quantitative estimate of drug-likeness (QED) is 0.232. The number of carbonyl (C=O) groups excluding carboxylic acids is 1. The molecule has 0 saturated heterocycles. The van der Waals surface area contributed by atoms with Crippen molar-refractivity contribution in [3.05, 3.63) is 23.8 Å². The number of carboxylic acids is 1. The molecular formula is C18H23NNa2O7S. The van der Waals surface area contributed by atoms with E-state index in [4.69, 9.17) is 18.9 Å². The number of aliphatic carboxylic acids is 1. The standard InChI is InChI=1S/C18H25NO7S.2Na/c1-18(17(21)22)12-27-16(19-18)13-4-3-5-14(15(13)20)26-11-10-25-9-8-24-7-6-23-2;;/h3-5,20H,6-12H2,1-2H3,(H,21,22);;/q;2*+1/p-2/t18-;;/m1../s1. The topological polar surface area (TPSA) is 112 Å². The van der Waals surface area contributed by atoms with E-state index in [9.17, 15) is 15.0 Å². The van der Waals surface area contributed by atoms with Crippen molar-refractivity contribution in [2.24, 2.45) is 4.99 Å². The zero-order valence-electron chi connectivity index (χ0n) is 17.4. The van der Waals surface area contributed by atoms with Crippen LogP contribution in [0.1, 0.15) is 12.5 Å². The van der Waals surface area contributed by atoms with Crippen molar-refractivity contribution >= 4 is 22.8 Å². The van der Waals surface area contributed by atoms with Crippen LogP contribution in [0, 0.1) is 0 Å². The first-order valence-corrected chi connectivity index (χ1v) is 9.48. The van der Waals surface area contributed by atoms with Gasteiger partial charge >= 0.3 is 59.1 Å². The van der Waals surface area contributed by atoms with E-state index in [2.05, 4.69) is 4.99 Å². The number of carbonyl (C=O) groups is 1. The summed E-state index contributed by atoms with van der Waals surface area (Å²) in [5, 5.41) is 24.1. The Morgan fingerprint density at radius 1 is 1.14 bits per heavy atom. The molecule has 1 aromatic carbocycles. The van der Waals surface area contributed by atoms with Gasteiger partial charge in [-0.3, -0.25) is 4.99 Å². The van der Waals surface area contributed by atoms with Crippen LogP contribution in [0.2, 0.25) is 0 Å². The molecule has 8 nitrogen and oxygen atoms in total. The third-order valence-electron chi connectivity index (χ3n) is 3.78. The van der Waals surface area contributed by atoms with Gasteiger partial charge in [-0.25, -0.2) is 0 Å². The Kier molecular flexibility index (Phi) is 15.2. The van der Waals surface area contributed by atoms with Gasteiger partial charge in [0.2, 0.25) is 0 Å². The summed E-state index contributed by atoms with van der Waals surface area (Å²) < 4.78 is 21.0. The van der Waals surface area contributed by atoms with Gasteiger partial charge in [-0.05, 0) is 13.0 Å². The molecule has 1 heterocycles. The van der Waals surface area contributed by atoms with Gasteiger partial charge < -0.3 is 34.0 Å². The molecule has 1 aliphatic heterocycles. The van der Waals surface area contributed by atoms with Crippen LogP contribution in [-0.2, 0) is 19.0 Å². The Balaban J connectivity index is 0.00000392. The van der Waals surface area contributed by atoms with Gasteiger partial charge in [0.15, 0.2) is 0 Å². The van der Waals surface area contributed by atoms with Crippen LogP contribution in [0.4, 0.5) is 0 Å². The molecule has 2 rings (SSSR count). The molecule has 0 aliphatic carbocycles. The molecule has 11 heteroatoms. The van der Waals surface area contributed by atoms with Crippen molar-refractivity contribution in [2.45, 2.75) is 12.5 Å². The minimum absolute atomic E-state index is 0. The second kappa shape index (κ2) is 15.1. The molecular weight excluding hydrogens is 420 g/mol. The van der Waals surface area contributed by atoms with Gasteiger partial charge in [0.25, 0.3) is 0 Å². The second-order valence-electron chi connectivity index (χ2n) is 5.97. The molecule has 0 fully saturated rings. The average Bonchev–Trinajstić information content (AvgIpc) is 3.05. The zero-order valence-corrected chi connectivity index (χ0v) is 22.2. The van der Waals surface area contributed by atoms with Crippen molar-refractivity contribution in [1.82, 2.24) is 0 Å². The van der Waals surface area contributed by atoms with Crippen molar-refractivity contribution in [3.63, 3.8) is 0 Å². The summed E-state index contributed by atoms with van der Waals surface area (Å²) in [6.45, 7) is 3.94. The first kappa shape index (κ1) is 29.2. The van der Waals surface area contributed by atoms with Crippen LogP contribution in [0.25, 0.3) is 0 Å². The maximum atomic E-state index is 12.5. The molecule has 0 radical (unpaired) electrons. The number of hydrogen-bond acceptors (Lipinski definition) is 9. The fourth-order valence-electron chi connectivity index (χ4n) is 2.21. The van der Waals surface area contributed by atoms with Crippen molar-refractivity contribution < 1.29 is 93.1 Å². The number of benzene rings is 1. The summed E-state index contributed by atoms with van der Waals surface area (Å²) in [5.74, 6) is -1.17. The van der Waals surface area contributed by atoms with Gasteiger partial charge in [0.1, 0.15) is 17.9 Å². The molecule has 1 aliphatic rings.